The molecule has 0 spiro atoms. The van der Waals surface area contributed by atoms with Gasteiger partial charge in [-0.1, -0.05) is 11.6 Å². The summed E-state index contributed by atoms with van der Waals surface area (Å²) in [4.78, 5) is 39.3. The van der Waals surface area contributed by atoms with Crippen LogP contribution in [0.25, 0.3) is 27.8 Å². The van der Waals surface area contributed by atoms with Gasteiger partial charge in [0.15, 0.2) is 17.3 Å². The Kier molecular flexibility index (Phi) is 10.1. The molecule has 0 bridgehead atoms. The van der Waals surface area contributed by atoms with Crippen LogP contribution in [0.4, 0.5) is 20.3 Å². The Balaban J connectivity index is 0.000000710. The quantitative estimate of drug-likeness (QED) is 0.231. The second-order valence-corrected chi connectivity index (χ2v) is 9.40. The number of imidazole rings is 1. The Labute approximate surface area is 237 Å². The number of ether oxygens (including phenoxy) is 1. The molecule has 41 heavy (non-hydrogen) atoms. The van der Waals surface area contributed by atoms with Crippen LogP contribution in [0, 0.1) is 11.7 Å². The van der Waals surface area contributed by atoms with Crippen molar-refractivity contribution >= 4 is 58.5 Å². The molecule has 5 rings (SSSR count). The first-order chi connectivity index (χ1) is 19.5. The van der Waals surface area contributed by atoms with Gasteiger partial charge in [0.2, 0.25) is 5.91 Å². The van der Waals surface area contributed by atoms with Crippen LogP contribution in [-0.2, 0) is 19.1 Å². The number of aromatic nitrogens is 5. The smallest absolute Gasteiger partial charge is 0.290 e. The number of carbonyl (C=O) groups is 3. The number of aromatic amines is 1. The molecule has 13 nitrogen and oxygen atoms in total. The fourth-order valence-electron chi connectivity index (χ4n) is 4.14. The molecule has 220 valence electrons. The van der Waals surface area contributed by atoms with E-state index >= 15 is 4.39 Å². The van der Waals surface area contributed by atoms with Crippen LogP contribution in [0.3, 0.4) is 0 Å². The number of amides is 1. The zero-order valence-corrected chi connectivity index (χ0v) is 23.1. The van der Waals surface area contributed by atoms with Crippen LogP contribution in [0.5, 0.6) is 0 Å². The number of nitrogens with one attached hydrogen (secondary N) is 2. The molecule has 1 fully saturated rings. The zero-order chi connectivity index (χ0) is 30.4. The highest BCUT2D eigenvalue weighted by Gasteiger charge is 2.43. The molecule has 0 unspecified atom stereocenters. The summed E-state index contributed by atoms with van der Waals surface area (Å²) in [5.74, 6) is -1.37. The minimum absolute atomic E-state index is 0.0961. The van der Waals surface area contributed by atoms with Gasteiger partial charge >= 0.3 is 0 Å². The van der Waals surface area contributed by atoms with E-state index in [1.165, 1.54) is 6.20 Å². The number of halogens is 3. The van der Waals surface area contributed by atoms with Crippen LogP contribution in [0.2, 0.25) is 5.02 Å². The number of nitrogens with zero attached hydrogens (tertiary/aromatic N) is 5. The molecule has 3 heterocycles. The number of carbonyl (C=O) groups excluding carboxylic acids is 1. The van der Waals surface area contributed by atoms with Gasteiger partial charge in [-0.25, -0.2) is 13.8 Å². The van der Waals surface area contributed by atoms with Gasteiger partial charge in [0.25, 0.3) is 12.9 Å². The van der Waals surface area contributed by atoms with E-state index in [0.29, 0.717) is 27.8 Å². The average molecular weight is 596 g/mol. The Morgan fingerprint density at radius 1 is 1.29 bits per heavy atom. The molecule has 1 aromatic carbocycles. The van der Waals surface area contributed by atoms with Crippen molar-refractivity contribution in [2.45, 2.75) is 38.6 Å². The van der Waals surface area contributed by atoms with Crippen molar-refractivity contribution in [3.63, 3.8) is 0 Å². The van der Waals surface area contributed by atoms with Crippen molar-refractivity contribution in [1.29, 1.82) is 0 Å². The monoisotopic (exact) mass is 595 g/mol. The molecule has 1 aliphatic rings. The van der Waals surface area contributed by atoms with Crippen LogP contribution < -0.4 is 10.2 Å². The highest BCUT2D eigenvalue weighted by atomic mass is 35.5. The van der Waals surface area contributed by atoms with E-state index in [0.717, 1.165) is 0 Å². The number of alkyl halides is 1. The van der Waals surface area contributed by atoms with Crippen molar-refractivity contribution < 1.29 is 38.1 Å². The summed E-state index contributed by atoms with van der Waals surface area (Å²) in [6.45, 7) is 3.33. The summed E-state index contributed by atoms with van der Waals surface area (Å²) in [5, 5.41) is 23.9. The van der Waals surface area contributed by atoms with Gasteiger partial charge in [0, 0.05) is 31.3 Å². The summed E-state index contributed by atoms with van der Waals surface area (Å²) in [6, 6.07) is -0.153. The molecular formula is C25H28ClF2N7O6. The maximum Gasteiger partial charge on any atom is 0.290 e. The lowest BCUT2D eigenvalue weighted by molar-refractivity contribution is -0.123. The lowest BCUT2D eigenvalue weighted by atomic mass is 10.0. The van der Waals surface area contributed by atoms with Crippen LogP contribution >= 0.6 is 11.6 Å². The summed E-state index contributed by atoms with van der Waals surface area (Å²) >= 11 is 6.58. The third-order valence-corrected chi connectivity index (χ3v) is 7.03. The molecule has 0 aliphatic heterocycles. The van der Waals surface area contributed by atoms with Crippen molar-refractivity contribution in [2.24, 2.45) is 5.92 Å². The van der Waals surface area contributed by atoms with Crippen molar-refractivity contribution in [3.8, 4) is 11.3 Å². The largest absolute Gasteiger partial charge is 0.483 e. The molecule has 1 amide bonds. The van der Waals surface area contributed by atoms with Crippen molar-refractivity contribution in [1.82, 2.24) is 24.6 Å². The molecule has 4 aromatic rings. The Bertz CT molecular complexity index is 1540. The Morgan fingerprint density at radius 3 is 2.51 bits per heavy atom. The first kappa shape index (κ1) is 31.2. The Morgan fingerprint density at radius 2 is 1.93 bits per heavy atom. The molecule has 3 aromatic heterocycles. The van der Waals surface area contributed by atoms with Gasteiger partial charge in [0.1, 0.15) is 11.9 Å². The second-order valence-electron chi connectivity index (χ2n) is 9.02. The number of hydrogen-bond donors (Lipinski definition) is 4. The van der Waals surface area contributed by atoms with E-state index in [-0.39, 0.29) is 48.0 Å². The number of rotatable bonds is 7. The number of carboxylic acid groups (broad SMARTS) is 2. The molecule has 0 radical (unpaired) electrons. The molecule has 1 saturated carbocycles. The number of hydrogen-bond acceptors (Lipinski definition) is 8. The van der Waals surface area contributed by atoms with Crippen LogP contribution in [0.15, 0.2) is 24.8 Å². The number of H-pyrrole nitrogens is 1. The molecule has 4 atom stereocenters. The Hall–Kier alpha value is -4.37. The first-order valence-corrected chi connectivity index (χ1v) is 12.5. The number of methoxy groups -OCH3 is 1. The third-order valence-electron chi connectivity index (χ3n) is 6.68. The fourth-order valence-corrected chi connectivity index (χ4v) is 4.43. The van der Waals surface area contributed by atoms with E-state index < -0.39 is 23.8 Å². The maximum atomic E-state index is 15.7. The standard InChI is InChI=1S/C23H24ClF2N7O2.2CH2O2/c1-10(11(2)35-4)32(3)22-20(26)19(24)18(13-6-28-31-21(13)22)15-8-33-9-16(29-17(33)7-27-15)30-23(34)12-5-14(12)25;2*2-1-3/h6-12,14H,5H2,1-4H3,(H,28,31)(H,30,34);2*1H,(H,2,3)/t10-,11+,12-,14+;;/m1../s1. The van der Waals surface area contributed by atoms with Crippen molar-refractivity contribution in [2.75, 3.05) is 24.4 Å². The van der Waals surface area contributed by atoms with Gasteiger partial charge < -0.3 is 29.6 Å². The number of benzene rings is 1. The number of anilines is 2. The highest BCUT2D eigenvalue weighted by Crippen LogP contribution is 2.42. The second kappa shape index (κ2) is 13.3. The maximum absolute atomic E-state index is 15.7. The summed E-state index contributed by atoms with van der Waals surface area (Å²) in [7, 11) is 3.37. The lowest BCUT2D eigenvalue weighted by Gasteiger charge is -2.31. The van der Waals surface area contributed by atoms with E-state index in [1.807, 2.05) is 13.8 Å². The van der Waals surface area contributed by atoms with Crippen molar-refractivity contribution in [3.05, 3.63) is 35.6 Å². The minimum Gasteiger partial charge on any atom is -0.483 e. The van der Waals surface area contributed by atoms with Gasteiger partial charge in [0.05, 0.1) is 52.9 Å². The molecule has 4 N–H and O–H groups in total. The SMILES string of the molecule is CO[C@@H](C)[C@@H](C)N(C)c1c(F)c(Cl)c(-c2cn3cc(NC(=O)[C@@H]4C[C@@H]4F)nc3cn2)c2cn[nH]c12.O=CO.O=CO. The van der Waals surface area contributed by atoms with Gasteiger partial charge in [-0.05, 0) is 20.3 Å². The zero-order valence-electron chi connectivity index (χ0n) is 22.4. The van der Waals surface area contributed by atoms with E-state index in [4.69, 9.17) is 36.1 Å². The average Bonchev–Trinajstić information content (AvgIpc) is 3.30. The summed E-state index contributed by atoms with van der Waals surface area (Å²) in [6.07, 6.45) is 5.25. The third kappa shape index (κ3) is 6.52. The summed E-state index contributed by atoms with van der Waals surface area (Å²) in [5.41, 5.74) is 1.97. The topological polar surface area (TPSA) is 175 Å². The van der Waals surface area contributed by atoms with Gasteiger partial charge in [-0.3, -0.25) is 24.5 Å². The van der Waals surface area contributed by atoms with Crippen LogP contribution in [-0.4, -0.2) is 86.1 Å². The number of likely N-dealkylation sites (N-methyl/N-ethyl adjacent to an activating group) is 1. The van der Waals surface area contributed by atoms with E-state index in [2.05, 4.69) is 25.5 Å². The van der Waals surface area contributed by atoms with E-state index in [1.54, 1.807) is 42.0 Å². The molecule has 0 saturated heterocycles. The molecular weight excluding hydrogens is 568 g/mol. The lowest BCUT2D eigenvalue weighted by Crippen LogP contribution is -2.39. The predicted molar refractivity (Wildman–Crippen MR) is 146 cm³/mol. The highest BCUT2D eigenvalue weighted by molar-refractivity contribution is 6.36. The van der Waals surface area contributed by atoms with Gasteiger partial charge in [-0.2, -0.15) is 5.10 Å². The van der Waals surface area contributed by atoms with E-state index in [9.17, 15) is 9.18 Å². The minimum atomic E-state index is -1.10. The van der Waals surface area contributed by atoms with Gasteiger partial charge in [-0.15, -0.1) is 0 Å². The molecule has 1 aliphatic carbocycles. The fraction of sp³-hybridized carbons (Fsp3) is 0.360. The first-order valence-electron chi connectivity index (χ1n) is 12.1. The normalized spacial score (nSPS) is 17.0. The predicted octanol–water partition coefficient (Wildman–Crippen LogP) is 3.62. The summed E-state index contributed by atoms with van der Waals surface area (Å²) < 4.78 is 35.9. The molecule has 16 heteroatoms. The van der Waals surface area contributed by atoms with Crippen LogP contribution in [0.1, 0.15) is 20.3 Å². The number of fused-ring (bicyclic) bond motifs is 2.